The first-order valence-electron chi connectivity index (χ1n) is 12.9. The number of fused-ring (bicyclic) bond motifs is 2. The maximum Gasteiger partial charge on any atom is 0.231 e. The van der Waals surface area contributed by atoms with Crippen LogP contribution >= 0.6 is 0 Å². The second-order valence-electron chi connectivity index (χ2n) is 9.58. The fourth-order valence-corrected chi connectivity index (χ4v) is 5.56. The molecule has 0 aliphatic carbocycles. The molecule has 1 aromatic heterocycles. The SMILES string of the molecule is CCn1cc(C(CC(=O)N2CCN(c3ccccc3F)CC2)c2ccc3c(c2)OCO3)c2ccccc21. The molecule has 7 heteroatoms. The Bertz CT molecular complexity index is 1440. The zero-order valence-corrected chi connectivity index (χ0v) is 20.9. The Balaban J connectivity index is 1.28. The van der Waals surface area contributed by atoms with Gasteiger partial charge in [-0.25, -0.2) is 4.39 Å². The molecule has 0 radical (unpaired) electrons. The summed E-state index contributed by atoms with van der Waals surface area (Å²) in [6.07, 6.45) is 2.53. The van der Waals surface area contributed by atoms with Gasteiger partial charge in [-0.05, 0) is 48.4 Å². The molecule has 1 atom stereocenters. The van der Waals surface area contributed by atoms with E-state index < -0.39 is 0 Å². The minimum Gasteiger partial charge on any atom is -0.454 e. The van der Waals surface area contributed by atoms with Crippen LogP contribution in [0.2, 0.25) is 0 Å². The van der Waals surface area contributed by atoms with E-state index in [9.17, 15) is 9.18 Å². The summed E-state index contributed by atoms with van der Waals surface area (Å²) in [6.45, 7) is 5.54. The number of aryl methyl sites for hydroxylation is 1. The van der Waals surface area contributed by atoms with E-state index in [1.165, 1.54) is 6.07 Å². The van der Waals surface area contributed by atoms with Crippen molar-refractivity contribution in [1.29, 1.82) is 0 Å². The standard InChI is InChI=1S/C30H30FN3O3/c1-2-32-19-24(22-7-3-5-9-26(22)32)23(21-11-12-28-29(17-21)37-20-36-28)18-30(35)34-15-13-33(14-16-34)27-10-6-4-8-25(27)31/h3-12,17,19,23H,2,13-16,18,20H2,1H3. The van der Waals surface area contributed by atoms with Crippen LogP contribution in [0.15, 0.2) is 72.9 Å². The molecule has 0 saturated carbocycles. The number of hydrogen-bond acceptors (Lipinski definition) is 4. The maximum absolute atomic E-state index is 14.3. The largest absolute Gasteiger partial charge is 0.454 e. The van der Waals surface area contributed by atoms with Crippen LogP contribution in [0.4, 0.5) is 10.1 Å². The van der Waals surface area contributed by atoms with Gasteiger partial charge in [-0.2, -0.15) is 0 Å². The molecule has 4 aromatic rings. The van der Waals surface area contributed by atoms with Crippen LogP contribution in [0, 0.1) is 5.82 Å². The Kier molecular flexibility index (Phi) is 6.20. The average molecular weight is 500 g/mol. The number of piperazine rings is 1. The van der Waals surface area contributed by atoms with Crippen LogP contribution in [-0.2, 0) is 11.3 Å². The number of carbonyl (C=O) groups is 1. The molecular weight excluding hydrogens is 469 g/mol. The van der Waals surface area contributed by atoms with Crippen LogP contribution in [0.3, 0.4) is 0 Å². The fourth-order valence-electron chi connectivity index (χ4n) is 5.56. The molecule has 0 N–H and O–H groups in total. The van der Waals surface area contributed by atoms with E-state index in [0.717, 1.165) is 34.3 Å². The fraction of sp³-hybridized carbons (Fsp3) is 0.300. The van der Waals surface area contributed by atoms with Gasteiger partial charge in [0, 0.05) is 62.2 Å². The van der Waals surface area contributed by atoms with Crippen molar-refractivity contribution < 1.29 is 18.7 Å². The number of benzene rings is 3. The van der Waals surface area contributed by atoms with Crippen LogP contribution in [0.25, 0.3) is 10.9 Å². The molecule has 37 heavy (non-hydrogen) atoms. The summed E-state index contributed by atoms with van der Waals surface area (Å²) in [6, 6.07) is 21.2. The first kappa shape index (κ1) is 23.4. The highest BCUT2D eigenvalue weighted by Crippen LogP contribution is 2.40. The van der Waals surface area contributed by atoms with Crippen LogP contribution in [-0.4, -0.2) is 48.3 Å². The van der Waals surface area contributed by atoms with Crippen molar-refractivity contribution in [3.8, 4) is 11.5 Å². The third-order valence-corrected chi connectivity index (χ3v) is 7.54. The summed E-state index contributed by atoms with van der Waals surface area (Å²) in [5.41, 5.74) is 3.92. The summed E-state index contributed by atoms with van der Waals surface area (Å²) >= 11 is 0. The molecule has 2 aliphatic rings. The van der Waals surface area contributed by atoms with Gasteiger partial charge >= 0.3 is 0 Å². The number of anilines is 1. The highest BCUT2D eigenvalue weighted by atomic mass is 19.1. The third-order valence-electron chi connectivity index (χ3n) is 7.54. The maximum atomic E-state index is 14.3. The van der Waals surface area contributed by atoms with Crippen molar-refractivity contribution in [2.45, 2.75) is 25.8 Å². The third kappa shape index (κ3) is 4.39. The number of halogens is 1. The second-order valence-corrected chi connectivity index (χ2v) is 9.58. The van der Waals surface area contributed by atoms with Gasteiger partial charge in [0.15, 0.2) is 11.5 Å². The van der Waals surface area contributed by atoms with Crippen molar-refractivity contribution in [3.63, 3.8) is 0 Å². The van der Waals surface area contributed by atoms with Crippen LogP contribution in [0.1, 0.15) is 30.4 Å². The molecule has 6 rings (SSSR count). The van der Waals surface area contributed by atoms with Gasteiger partial charge in [-0.3, -0.25) is 4.79 Å². The Morgan fingerprint density at radius 1 is 0.946 bits per heavy atom. The number of nitrogens with zero attached hydrogens (tertiary/aromatic N) is 3. The van der Waals surface area contributed by atoms with Gasteiger partial charge in [0.2, 0.25) is 12.7 Å². The van der Waals surface area contributed by atoms with Gasteiger partial charge in [-0.1, -0.05) is 36.4 Å². The zero-order valence-electron chi connectivity index (χ0n) is 20.9. The minimum absolute atomic E-state index is 0.101. The Labute approximate surface area is 215 Å². The molecule has 0 spiro atoms. The first-order chi connectivity index (χ1) is 18.1. The number of amides is 1. The lowest BCUT2D eigenvalue weighted by atomic mass is 9.87. The van der Waals surface area contributed by atoms with Gasteiger partial charge < -0.3 is 23.8 Å². The van der Waals surface area contributed by atoms with E-state index in [-0.39, 0.29) is 24.4 Å². The molecular formula is C30H30FN3O3. The second kappa shape index (κ2) is 9.81. The Morgan fingerprint density at radius 3 is 2.51 bits per heavy atom. The average Bonchev–Trinajstić information content (AvgIpc) is 3.56. The molecule has 0 bridgehead atoms. The van der Waals surface area contributed by atoms with Gasteiger partial charge in [0.25, 0.3) is 0 Å². The number of para-hydroxylation sites is 2. The topological polar surface area (TPSA) is 46.9 Å². The van der Waals surface area contributed by atoms with Gasteiger partial charge in [-0.15, -0.1) is 0 Å². The van der Waals surface area contributed by atoms with Crippen molar-refractivity contribution in [2.75, 3.05) is 37.9 Å². The molecule has 3 heterocycles. The lowest BCUT2D eigenvalue weighted by Crippen LogP contribution is -2.49. The number of aromatic nitrogens is 1. The zero-order chi connectivity index (χ0) is 25.4. The highest BCUT2D eigenvalue weighted by Gasteiger charge is 2.29. The summed E-state index contributed by atoms with van der Waals surface area (Å²) in [4.78, 5) is 17.6. The van der Waals surface area contributed by atoms with Crippen molar-refractivity contribution in [2.24, 2.45) is 0 Å². The van der Waals surface area contributed by atoms with E-state index >= 15 is 0 Å². The van der Waals surface area contributed by atoms with Crippen molar-refractivity contribution >= 4 is 22.5 Å². The molecule has 1 amide bonds. The van der Waals surface area contributed by atoms with E-state index in [1.54, 1.807) is 12.1 Å². The summed E-state index contributed by atoms with van der Waals surface area (Å²) in [5, 5.41) is 1.16. The first-order valence-corrected chi connectivity index (χ1v) is 12.9. The Hall–Kier alpha value is -4.00. The van der Waals surface area contributed by atoms with E-state index in [1.807, 2.05) is 46.2 Å². The summed E-state index contributed by atoms with van der Waals surface area (Å²) in [5.74, 6) is 1.19. The monoisotopic (exact) mass is 499 g/mol. The quantitative estimate of drug-likeness (QED) is 0.357. The normalized spacial score (nSPS) is 15.8. The number of carbonyl (C=O) groups excluding carboxylic acids is 1. The molecule has 2 aliphatic heterocycles. The molecule has 3 aromatic carbocycles. The number of ether oxygens (including phenoxy) is 2. The predicted molar refractivity (Wildman–Crippen MR) is 142 cm³/mol. The van der Waals surface area contributed by atoms with E-state index in [4.69, 9.17) is 9.47 Å². The molecule has 1 unspecified atom stereocenters. The molecule has 6 nitrogen and oxygen atoms in total. The van der Waals surface area contributed by atoms with Crippen molar-refractivity contribution in [1.82, 2.24) is 9.47 Å². The predicted octanol–water partition coefficient (Wildman–Crippen LogP) is 5.40. The van der Waals surface area contributed by atoms with Crippen molar-refractivity contribution in [3.05, 3.63) is 89.9 Å². The minimum atomic E-state index is -0.225. The van der Waals surface area contributed by atoms with Crippen LogP contribution in [0.5, 0.6) is 11.5 Å². The van der Waals surface area contributed by atoms with E-state index in [0.29, 0.717) is 44.0 Å². The van der Waals surface area contributed by atoms with Gasteiger partial charge in [0.1, 0.15) is 5.82 Å². The molecule has 190 valence electrons. The van der Waals surface area contributed by atoms with E-state index in [2.05, 4.69) is 29.8 Å². The highest BCUT2D eigenvalue weighted by molar-refractivity contribution is 5.87. The lowest BCUT2D eigenvalue weighted by Gasteiger charge is -2.36. The lowest BCUT2D eigenvalue weighted by molar-refractivity contribution is -0.131. The summed E-state index contributed by atoms with van der Waals surface area (Å²) in [7, 11) is 0. The number of hydrogen-bond donors (Lipinski definition) is 0. The van der Waals surface area contributed by atoms with Crippen LogP contribution < -0.4 is 14.4 Å². The summed E-state index contributed by atoms with van der Waals surface area (Å²) < 4.78 is 27.7. The molecule has 1 saturated heterocycles. The Morgan fingerprint density at radius 2 is 1.70 bits per heavy atom. The molecule has 1 fully saturated rings. The number of rotatable bonds is 6. The smallest absolute Gasteiger partial charge is 0.231 e. The van der Waals surface area contributed by atoms with Gasteiger partial charge in [0.05, 0.1) is 5.69 Å².